The van der Waals surface area contributed by atoms with E-state index < -0.39 is 35.8 Å². The van der Waals surface area contributed by atoms with E-state index in [1.54, 1.807) is 12.2 Å². The van der Waals surface area contributed by atoms with Crippen LogP contribution >= 0.6 is 0 Å². The van der Waals surface area contributed by atoms with Crippen molar-refractivity contribution in [1.82, 2.24) is 0 Å². The van der Waals surface area contributed by atoms with E-state index in [1.165, 1.54) is 18.2 Å². The summed E-state index contributed by atoms with van der Waals surface area (Å²) in [5.41, 5.74) is -1.64. The number of aliphatic hydroxyl groups excluding tert-OH is 2. The second-order valence-corrected chi connectivity index (χ2v) is 10.8. The Hall–Kier alpha value is -3.31. The van der Waals surface area contributed by atoms with Crippen molar-refractivity contribution in [2.24, 2.45) is 23.7 Å². The summed E-state index contributed by atoms with van der Waals surface area (Å²) in [6.45, 7) is 6.97. The second kappa shape index (κ2) is 14.0. The van der Waals surface area contributed by atoms with Crippen LogP contribution in [0.1, 0.15) is 45.2 Å². The maximum atomic E-state index is 13.8. The third kappa shape index (κ3) is 8.84. The Morgan fingerprint density at radius 2 is 1.83 bits per heavy atom. The van der Waals surface area contributed by atoms with Gasteiger partial charge in [0.15, 0.2) is 0 Å². The lowest BCUT2D eigenvalue weighted by atomic mass is 9.88. The largest absolute Gasteiger partial charge is 0.491 e. The van der Waals surface area contributed by atoms with Crippen LogP contribution in [0.15, 0.2) is 48.3 Å². The highest BCUT2D eigenvalue weighted by atomic mass is 19.4. The Balaban J connectivity index is 1.63. The quantitative estimate of drug-likeness (QED) is 0.322. The Bertz CT molecular complexity index is 1170. The molecule has 8 nitrogen and oxygen atoms in total. The van der Waals surface area contributed by atoms with E-state index in [-0.39, 0.29) is 61.1 Å². The first-order valence-corrected chi connectivity index (χ1v) is 13.6. The second-order valence-electron chi connectivity index (χ2n) is 10.8. The van der Waals surface area contributed by atoms with Gasteiger partial charge in [0.25, 0.3) is 0 Å². The van der Waals surface area contributed by atoms with Gasteiger partial charge in [0, 0.05) is 11.5 Å². The van der Waals surface area contributed by atoms with Crippen LogP contribution in [0.25, 0.3) is 5.57 Å². The first-order chi connectivity index (χ1) is 19.3. The zero-order valence-corrected chi connectivity index (χ0v) is 23.5. The molecule has 1 aromatic rings. The number of hydrogen-bond donors (Lipinski definition) is 2. The Kier molecular flexibility index (Phi) is 11.0. The van der Waals surface area contributed by atoms with Gasteiger partial charge in [-0.25, -0.2) is 4.79 Å². The van der Waals surface area contributed by atoms with Crippen LogP contribution in [0.2, 0.25) is 0 Å². The summed E-state index contributed by atoms with van der Waals surface area (Å²) in [6.07, 6.45) is 0.117. The maximum absolute atomic E-state index is 13.8. The van der Waals surface area contributed by atoms with Crippen LogP contribution in [0, 0.1) is 23.7 Å². The first kappa shape index (κ1) is 32.2. The average molecular weight is 583 g/mol. The van der Waals surface area contributed by atoms with Crippen molar-refractivity contribution in [3.8, 4) is 5.75 Å². The summed E-state index contributed by atoms with van der Waals surface area (Å²) in [6, 6.07) is 3.21. The van der Waals surface area contributed by atoms with Crippen molar-refractivity contribution < 1.29 is 51.9 Å². The summed E-state index contributed by atoms with van der Waals surface area (Å²) in [5.74, 6) is -1.49. The maximum Gasteiger partial charge on any atom is 0.417 e. The molecule has 41 heavy (non-hydrogen) atoms. The molecule has 0 bridgehead atoms. The van der Waals surface area contributed by atoms with Gasteiger partial charge in [-0.1, -0.05) is 39.8 Å². The smallest absolute Gasteiger partial charge is 0.417 e. The molecule has 3 rings (SSSR count). The highest BCUT2D eigenvalue weighted by Crippen LogP contribution is 2.40. The van der Waals surface area contributed by atoms with Gasteiger partial charge in [0.2, 0.25) is 0 Å². The van der Waals surface area contributed by atoms with Crippen LogP contribution in [0.3, 0.4) is 0 Å². The molecule has 0 radical (unpaired) electrons. The molecule has 1 aliphatic heterocycles. The number of rotatable bonds is 13. The summed E-state index contributed by atoms with van der Waals surface area (Å²) in [7, 11) is 0. The third-order valence-corrected chi connectivity index (χ3v) is 6.65. The minimum atomic E-state index is -4.77. The normalized spacial score (nSPS) is 20.1. The van der Waals surface area contributed by atoms with Crippen molar-refractivity contribution in [1.29, 1.82) is 0 Å². The number of aliphatic hydroxyl groups is 2. The summed E-state index contributed by atoms with van der Waals surface area (Å²) in [4.78, 5) is 25.2. The fourth-order valence-electron chi connectivity index (χ4n) is 4.57. The number of carbonyl (C=O) groups is 2. The average Bonchev–Trinajstić information content (AvgIpc) is 2.91. The molecule has 0 aromatic heterocycles. The van der Waals surface area contributed by atoms with E-state index in [2.05, 4.69) is 0 Å². The van der Waals surface area contributed by atoms with Crippen molar-refractivity contribution in [3.05, 3.63) is 59.4 Å². The number of ether oxygens (including phenoxy) is 4. The van der Waals surface area contributed by atoms with Gasteiger partial charge in [-0.2, -0.15) is 13.2 Å². The molecule has 0 amide bonds. The molecular weight excluding hydrogens is 545 g/mol. The minimum Gasteiger partial charge on any atom is -0.491 e. The van der Waals surface area contributed by atoms with E-state index in [0.717, 1.165) is 12.1 Å². The van der Waals surface area contributed by atoms with Crippen molar-refractivity contribution >= 4 is 17.5 Å². The number of benzene rings is 1. The third-order valence-electron chi connectivity index (χ3n) is 6.65. The lowest BCUT2D eigenvalue weighted by molar-refractivity contribution is -0.154. The SMILES string of the molecule is CC(C)CC(C(=O)OCC(O)COC1=CC2OC(=O)C(c3ccc(OCCO)cc3C(F)(F)F)=CC2C=C1)C(C)C. The summed E-state index contributed by atoms with van der Waals surface area (Å²) >= 11 is 0. The number of carbonyl (C=O) groups excluding carboxylic acids is 2. The molecule has 226 valence electrons. The van der Waals surface area contributed by atoms with Gasteiger partial charge < -0.3 is 29.2 Å². The van der Waals surface area contributed by atoms with Gasteiger partial charge in [-0.15, -0.1) is 0 Å². The van der Waals surface area contributed by atoms with E-state index >= 15 is 0 Å². The van der Waals surface area contributed by atoms with Gasteiger partial charge in [-0.3, -0.25) is 4.79 Å². The zero-order valence-electron chi connectivity index (χ0n) is 23.5. The van der Waals surface area contributed by atoms with Crippen molar-refractivity contribution in [3.63, 3.8) is 0 Å². The van der Waals surface area contributed by atoms with Crippen molar-refractivity contribution in [2.45, 2.75) is 52.5 Å². The standard InChI is InChI=1S/C30H37F3O8/c1-17(2)11-24(18(3)4)28(36)40-16-20(35)15-39-22-6-5-19-12-25(29(37)41-27(19)14-22)23-8-7-21(38-10-9-34)13-26(23)30(31,32)33/h5-8,12-14,17-20,24,27,34-35H,9-11,15-16H2,1-4H3. The van der Waals surface area contributed by atoms with Crippen LogP contribution in [-0.2, 0) is 30.0 Å². The number of alkyl halides is 3. The van der Waals surface area contributed by atoms with Crippen LogP contribution in [0.5, 0.6) is 5.75 Å². The van der Waals surface area contributed by atoms with E-state index in [0.29, 0.717) is 18.1 Å². The lowest BCUT2D eigenvalue weighted by Crippen LogP contribution is -2.32. The molecule has 0 fully saturated rings. The van der Waals surface area contributed by atoms with Crippen LogP contribution < -0.4 is 4.74 Å². The monoisotopic (exact) mass is 582 g/mol. The fourth-order valence-corrected chi connectivity index (χ4v) is 4.57. The molecular formula is C30H37F3O8. The van der Waals surface area contributed by atoms with Crippen LogP contribution in [0.4, 0.5) is 13.2 Å². The molecule has 4 unspecified atom stereocenters. The summed E-state index contributed by atoms with van der Waals surface area (Å²) < 4.78 is 62.9. The Morgan fingerprint density at radius 3 is 2.46 bits per heavy atom. The molecule has 1 aromatic carbocycles. The van der Waals surface area contributed by atoms with Crippen molar-refractivity contribution in [2.75, 3.05) is 26.4 Å². The molecule has 1 heterocycles. The molecule has 0 saturated heterocycles. The van der Waals surface area contributed by atoms with E-state index in [1.807, 2.05) is 27.7 Å². The molecule has 2 N–H and O–H groups in total. The fraction of sp³-hybridized carbons (Fsp3) is 0.533. The molecule has 1 aliphatic carbocycles. The molecule has 4 atom stereocenters. The Labute approximate surface area is 237 Å². The van der Waals surface area contributed by atoms with E-state index in [4.69, 9.17) is 24.1 Å². The zero-order chi connectivity index (χ0) is 30.3. The molecule has 2 aliphatic rings. The highest BCUT2D eigenvalue weighted by Gasteiger charge is 2.39. The Morgan fingerprint density at radius 1 is 1.10 bits per heavy atom. The van der Waals surface area contributed by atoms with Gasteiger partial charge in [0.1, 0.15) is 43.5 Å². The molecule has 0 saturated carbocycles. The lowest BCUT2D eigenvalue weighted by Gasteiger charge is -2.30. The number of hydrogen-bond acceptors (Lipinski definition) is 8. The van der Waals surface area contributed by atoms with Gasteiger partial charge >= 0.3 is 18.1 Å². The minimum absolute atomic E-state index is 0.0904. The van der Waals surface area contributed by atoms with E-state index in [9.17, 15) is 27.9 Å². The predicted octanol–water partition coefficient (Wildman–Crippen LogP) is 4.69. The summed E-state index contributed by atoms with van der Waals surface area (Å²) in [5, 5.41) is 19.1. The van der Waals surface area contributed by atoms with Crippen LogP contribution in [-0.4, -0.2) is 60.8 Å². The first-order valence-electron chi connectivity index (χ1n) is 13.6. The topological polar surface area (TPSA) is 112 Å². The predicted molar refractivity (Wildman–Crippen MR) is 143 cm³/mol. The number of fused-ring (bicyclic) bond motifs is 1. The molecule has 0 spiro atoms. The number of halogens is 3. The highest BCUT2D eigenvalue weighted by molar-refractivity contribution is 6.17. The number of esters is 2. The van der Waals surface area contributed by atoms with Gasteiger partial charge in [0.05, 0.1) is 23.7 Å². The van der Waals surface area contributed by atoms with Gasteiger partial charge in [-0.05, 0) is 48.6 Å². The molecule has 11 heteroatoms. The number of allylic oxidation sites excluding steroid dienone is 1.